The monoisotopic (exact) mass is 285 g/mol. The minimum Gasteiger partial charge on any atom is -0.379 e. The first-order valence-corrected chi connectivity index (χ1v) is 6.27. The lowest BCUT2D eigenvalue weighted by Crippen LogP contribution is -2.08. The second-order valence-electron chi connectivity index (χ2n) is 4.37. The van der Waals surface area contributed by atoms with E-state index >= 15 is 0 Å². The van der Waals surface area contributed by atoms with Gasteiger partial charge in [-0.15, -0.1) is 0 Å². The van der Waals surface area contributed by atoms with E-state index in [9.17, 15) is 14.5 Å². The minimum atomic E-state index is -0.521. The molecule has 1 N–H and O–H groups in total. The molecule has 2 rings (SSSR count). The summed E-state index contributed by atoms with van der Waals surface area (Å²) < 4.78 is 13.5. The first-order valence-electron chi connectivity index (χ1n) is 6.27. The van der Waals surface area contributed by atoms with Crippen LogP contribution in [-0.2, 0) is 6.42 Å². The van der Waals surface area contributed by atoms with Crippen LogP contribution >= 0.6 is 0 Å². The summed E-state index contributed by atoms with van der Waals surface area (Å²) in [5, 5.41) is 22.7. The molecular formula is C15H12FN3O2. The fourth-order valence-corrected chi connectivity index (χ4v) is 1.94. The van der Waals surface area contributed by atoms with Gasteiger partial charge in [0.15, 0.2) is 0 Å². The van der Waals surface area contributed by atoms with Gasteiger partial charge in [-0.3, -0.25) is 10.1 Å². The van der Waals surface area contributed by atoms with Crippen LogP contribution in [0.4, 0.5) is 15.8 Å². The van der Waals surface area contributed by atoms with E-state index in [1.165, 1.54) is 24.3 Å². The van der Waals surface area contributed by atoms with E-state index in [-0.39, 0.29) is 17.2 Å². The molecule has 0 aliphatic rings. The van der Waals surface area contributed by atoms with E-state index < -0.39 is 4.92 Å². The van der Waals surface area contributed by atoms with Crippen molar-refractivity contribution in [2.45, 2.75) is 6.42 Å². The third kappa shape index (κ3) is 3.54. The van der Waals surface area contributed by atoms with Crippen LogP contribution in [0, 0.1) is 27.3 Å². The van der Waals surface area contributed by atoms with E-state index in [1.807, 2.05) is 6.07 Å². The molecular weight excluding hydrogens is 273 g/mol. The van der Waals surface area contributed by atoms with E-state index in [2.05, 4.69) is 5.32 Å². The van der Waals surface area contributed by atoms with Gasteiger partial charge >= 0.3 is 0 Å². The van der Waals surface area contributed by atoms with Gasteiger partial charge in [0.1, 0.15) is 11.5 Å². The van der Waals surface area contributed by atoms with Gasteiger partial charge in [0.2, 0.25) is 0 Å². The highest BCUT2D eigenvalue weighted by Gasteiger charge is 2.14. The smallest absolute Gasteiger partial charge is 0.292 e. The zero-order valence-electron chi connectivity index (χ0n) is 11.0. The highest BCUT2D eigenvalue weighted by atomic mass is 19.1. The molecule has 0 heterocycles. The van der Waals surface area contributed by atoms with Crippen LogP contribution in [0.15, 0.2) is 42.5 Å². The number of halogens is 1. The molecule has 0 spiro atoms. The molecule has 0 bridgehead atoms. The van der Waals surface area contributed by atoms with E-state index in [4.69, 9.17) is 5.26 Å². The second kappa shape index (κ2) is 6.48. The molecule has 0 aliphatic carbocycles. The summed E-state index contributed by atoms with van der Waals surface area (Å²) in [6.07, 6.45) is 0.389. The average Bonchev–Trinajstić information content (AvgIpc) is 2.48. The Bertz CT molecular complexity index is 710. The summed E-state index contributed by atoms with van der Waals surface area (Å²) in [5.41, 5.74) is 1.01. The Kier molecular flexibility index (Phi) is 4.46. The van der Waals surface area contributed by atoms with Crippen molar-refractivity contribution < 1.29 is 9.31 Å². The molecule has 6 heteroatoms. The van der Waals surface area contributed by atoms with Crippen LogP contribution in [0.25, 0.3) is 0 Å². The van der Waals surface area contributed by atoms with Crippen LogP contribution in [0.2, 0.25) is 0 Å². The second-order valence-corrected chi connectivity index (χ2v) is 4.37. The zero-order valence-corrected chi connectivity index (χ0v) is 11.0. The maximum atomic E-state index is 13.5. The van der Waals surface area contributed by atoms with Crippen LogP contribution < -0.4 is 5.32 Å². The Labute approximate surface area is 120 Å². The molecule has 2 aromatic rings. The lowest BCUT2D eigenvalue weighted by atomic mass is 10.1. The highest BCUT2D eigenvalue weighted by molar-refractivity contribution is 5.64. The fourth-order valence-electron chi connectivity index (χ4n) is 1.94. The summed E-state index contributed by atoms with van der Waals surface area (Å²) >= 11 is 0. The van der Waals surface area contributed by atoms with Gasteiger partial charge in [0.25, 0.3) is 5.69 Å². The lowest BCUT2D eigenvalue weighted by Gasteiger charge is -2.08. The Balaban J connectivity index is 2.11. The van der Waals surface area contributed by atoms with Crippen molar-refractivity contribution in [3.63, 3.8) is 0 Å². The van der Waals surface area contributed by atoms with Crippen molar-refractivity contribution in [2.75, 3.05) is 11.9 Å². The van der Waals surface area contributed by atoms with Crippen molar-refractivity contribution >= 4 is 11.4 Å². The number of rotatable bonds is 5. The molecule has 0 unspecified atom stereocenters. The SMILES string of the molecule is N#Cc1ccc([N+](=O)[O-])c(NCCc2ccccc2F)c1. The third-order valence-electron chi connectivity index (χ3n) is 2.99. The van der Waals surface area contributed by atoms with Crippen LogP contribution in [0.3, 0.4) is 0 Å². The van der Waals surface area contributed by atoms with Gasteiger partial charge in [-0.05, 0) is 30.2 Å². The molecule has 21 heavy (non-hydrogen) atoms. The van der Waals surface area contributed by atoms with Gasteiger partial charge in [-0.1, -0.05) is 18.2 Å². The number of nitrogens with one attached hydrogen (secondary N) is 1. The van der Waals surface area contributed by atoms with Gasteiger partial charge in [0.05, 0.1) is 16.6 Å². The number of anilines is 1. The molecule has 0 aliphatic heterocycles. The Morgan fingerprint density at radius 2 is 2.05 bits per heavy atom. The van der Waals surface area contributed by atoms with Crippen molar-refractivity contribution in [3.8, 4) is 6.07 Å². The topological polar surface area (TPSA) is 79.0 Å². The quantitative estimate of drug-likeness (QED) is 0.675. The maximum absolute atomic E-state index is 13.5. The van der Waals surface area contributed by atoms with Gasteiger partial charge < -0.3 is 5.32 Å². The fraction of sp³-hybridized carbons (Fsp3) is 0.133. The third-order valence-corrected chi connectivity index (χ3v) is 2.99. The van der Waals surface area contributed by atoms with Crippen molar-refractivity contribution in [1.29, 1.82) is 5.26 Å². The first-order chi connectivity index (χ1) is 10.1. The predicted molar refractivity (Wildman–Crippen MR) is 76.4 cm³/mol. The molecule has 2 aromatic carbocycles. The number of hydrogen-bond acceptors (Lipinski definition) is 4. The standard InChI is InChI=1S/C15H12FN3O2/c16-13-4-2-1-3-12(13)7-8-18-14-9-11(10-17)5-6-15(14)19(20)21/h1-6,9,18H,7-8H2. The highest BCUT2D eigenvalue weighted by Crippen LogP contribution is 2.25. The maximum Gasteiger partial charge on any atom is 0.292 e. The lowest BCUT2D eigenvalue weighted by molar-refractivity contribution is -0.384. The van der Waals surface area contributed by atoms with E-state index in [1.54, 1.807) is 18.2 Å². The van der Waals surface area contributed by atoms with Gasteiger partial charge in [-0.2, -0.15) is 5.26 Å². The van der Waals surface area contributed by atoms with E-state index in [0.29, 0.717) is 24.1 Å². The Hall–Kier alpha value is -2.94. The summed E-state index contributed by atoms with van der Waals surface area (Å²) in [6.45, 7) is 0.330. The Morgan fingerprint density at radius 3 is 2.71 bits per heavy atom. The minimum absolute atomic E-state index is 0.109. The number of nitrogens with zero attached hydrogens (tertiary/aromatic N) is 2. The van der Waals surface area contributed by atoms with Gasteiger partial charge in [0, 0.05) is 12.6 Å². The molecule has 0 aromatic heterocycles. The summed E-state index contributed by atoms with van der Waals surface area (Å²) in [7, 11) is 0. The Morgan fingerprint density at radius 1 is 1.29 bits per heavy atom. The summed E-state index contributed by atoms with van der Waals surface area (Å²) in [4.78, 5) is 10.4. The number of nitriles is 1. The first kappa shape index (κ1) is 14.5. The van der Waals surface area contributed by atoms with Crippen molar-refractivity contribution in [3.05, 3.63) is 69.5 Å². The van der Waals surface area contributed by atoms with Crippen molar-refractivity contribution in [1.82, 2.24) is 0 Å². The van der Waals surface area contributed by atoms with Crippen LogP contribution in [0.1, 0.15) is 11.1 Å². The summed E-state index contributed by atoms with van der Waals surface area (Å²) in [5.74, 6) is -0.306. The average molecular weight is 285 g/mol. The molecule has 0 saturated heterocycles. The van der Waals surface area contributed by atoms with Crippen molar-refractivity contribution in [2.24, 2.45) is 0 Å². The summed E-state index contributed by atoms with van der Waals surface area (Å²) in [6, 6.07) is 12.4. The normalized spacial score (nSPS) is 9.90. The molecule has 106 valence electrons. The number of nitro groups is 1. The molecule has 5 nitrogen and oxygen atoms in total. The predicted octanol–water partition coefficient (Wildman–Crippen LogP) is 3.26. The number of benzene rings is 2. The van der Waals surface area contributed by atoms with Crippen LogP contribution in [0.5, 0.6) is 0 Å². The molecule has 0 saturated carbocycles. The molecule has 0 amide bonds. The number of nitro benzene ring substituents is 1. The van der Waals surface area contributed by atoms with E-state index in [0.717, 1.165) is 0 Å². The van der Waals surface area contributed by atoms with Crippen LogP contribution in [-0.4, -0.2) is 11.5 Å². The largest absolute Gasteiger partial charge is 0.379 e. The van der Waals surface area contributed by atoms with Gasteiger partial charge in [-0.25, -0.2) is 4.39 Å². The molecule has 0 fully saturated rings. The number of hydrogen-bond donors (Lipinski definition) is 1. The molecule has 0 radical (unpaired) electrons. The zero-order chi connectivity index (χ0) is 15.2. The molecule has 0 atom stereocenters.